The Morgan fingerprint density at radius 1 is 0.574 bits per heavy atom. The highest BCUT2D eigenvalue weighted by Crippen LogP contribution is 2.56. The number of carbonyl (C=O) groups is 4. The van der Waals surface area contributed by atoms with Gasteiger partial charge in [-0.1, -0.05) is 77.6 Å². The van der Waals surface area contributed by atoms with E-state index in [1.807, 2.05) is 49.9 Å². The molecule has 2 aromatic carbocycles. The standard InChI is InChI=1S/C54H70N8O6/c1-31(2)45(59-51(65)67-5)49(63)61-23-11-13-43(61)47-55-29-41(57-47)35-17-15-33(37-25-53(27-39(35)37)19-7-8-20-53)34-16-18-36(40-28-54(26-38(34)40)21-9-10-22-54)42-30-56-48(58-42)44-14-12-24-62(44)50(64)46(32(3)4)60-52(66)68-6/h15-18,29-32,43-46H,7-14,19-28H2,1-6H3,(H,55,57)(H,56,58)(H,59,65)(H,60,66)/t43-,44+,45+,46?/m1/s1. The molecule has 10 rings (SSSR count). The summed E-state index contributed by atoms with van der Waals surface area (Å²) in [7, 11) is 2.64. The SMILES string of the molecule is COC(=O)NC(C(=O)N1CCC[C@H]1c1ncc(-c2ccc(-c3ccc(-c4cnc([C@H]5CCCN5C(=O)[C@@H](NC(=O)OC)C(C)C)[nH]4)c4c3CC3(CCCC3)C4)c3c2CC2(CCCC2)C3)[nH]1)C(C)C. The van der Waals surface area contributed by atoms with Crippen LogP contribution in [0.25, 0.3) is 33.6 Å². The highest BCUT2D eigenvalue weighted by atomic mass is 16.5. The number of methoxy groups -OCH3 is 2. The van der Waals surface area contributed by atoms with Crippen LogP contribution in [0.1, 0.15) is 151 Å². The summed E-state index contributed by atoms with van der Waals surface area (Å²) in [5, 5.41) is 5.55. The van der Waals surface area contributed by atoms with Gasteiger partial charge in [-0.25, -0.2) is 19.6 Å². The van der Waals surface area contributed by atoms with E-state index >= 15 is 0 Å². The molecule has 14 nitrogen and oxygen atoms in total. The van der Waals surface area contributed by atoms with Crippen LogP contribution in [-0.4, -0.2) is 93.1 Å². The fraction of sp³-hybridized carbons (Fsp3) is 0.593. The van der Waals surface area contributed by atoms with Crippen LogP contribution in [0.2, 0.25) is 0 Å². The van der Waals surface area contributed by atoms with Gasteiger partial charge in [0.1, 0.15) is 23.7 Å². The number of nitrogens with one attached hydrogen (secondary N) is 4. The van der Waals surface area contributed by atoms with Gasteiger partial charge in [0, 0.05) is 24.2 Å². The summed E-state index contributed by atoms with van der Waals surface area (Å²) < 4.78 is 9.73. The molecule has 0 bridgehead atoms. The van der Waals surface area contributed by atoms with Gasteiger partial charge in [0.15, 0.2) is 0 Å². The number of likely N-dealkylation sites (tertiary alicyclic amines) is 2. The van der Waals surface area contributed by atoms with Crippen LogP contribution < -0.4 is 10.6 Å². The molecule has 2 saturated carbocycles. The highest BCUT2D eigenvalue weighted by molar-refractivity contribution is 5.88. The lowest BCUT2D eigenvalue weighted by atomic mass is 9.82. The number of hydrogen-bond acceptors (Lipinski definition) is 8. The van der Waals surface area contributed by atoms with Gasteiger partial charge in [-0.15, -0.1) is 0 Å². The summed E-state index contributed by atoms with van der Waals surface area (Å²) >= 11 is 0. The van der Waals surface area contributed by atoms with Crippen molar-refractivity contribution in [2.24, 2.45) is 22.7 Å². The molecule has 6 aliphatic rings. The van der Waals surface area contributed by atoms with Crippen LogP contribution in [-0.2, 0) is 44.7 Å². The first kappa shape index (κ1) is 46.1. The number of imidazole rings is 2. The predicted octanol–water partition coefficient (Wildman–Crippen LogP) is 9.54. The summed E-state index contributed by atoms with van der Waals surface area (Å²) in [4.78, 5) is 73.6. The predicted molar refractivity (Wildman–Crippen MR) is 259 cm³/mol. The van der Waals surface area contributed by atoms with E-state index in [0.29, 0.717) is 13.1 Å². The van der Waals surface area contributed by atoms with E-state index < -0.39 is 24.3 Å². The number of carbonyl (C=O) groups excluding carboxylic acids is 4. The fourth-order valence-electron chi connectivity index (χ4n) is 13.5. The number of fused-ring (bicyclic) bond motifs is 2. The zero-order valence-corrected chi connectivity index (χ0v) is 40.9. The van der Waals surface area contributed by atoms with Crippen molar-refractivity contribution in [3.05, 3.63) is 70.6 Å². The average Bonchev–Trinajstić information content (AvgIpc) is 4.19. The molecule has 0 radical (unpaired) electrons. The maximum absolute atomic E-state index is 14.0. The van der Waals surface area contributed by atoms with Gasteiger partial charge in [-0.3, -0.25) is 9.59 Å². The second-order valence-corrected chi connectivity index (χ2v) is 21.8. The molecule has 68 heavy (non-hydrogen) atoms. The van der Waals surface area contributed by atoms with E-state index in [0.717, 1.165) is 74.4 Å². The Hall–Kier alpha value is -5.66. The number of hydrogen-bond donors (Lipinski definition) is 4. The van der Waals surface area contributed by atoms with Gasteiger partial charge in [0.2, 0.25) is 11.8 Å². The van der Waals surface area contributed by atoms with Gasteiger partial charge in [-0.2, -0.15) is 0 Å². The number of benzene rings is 2. The first-order chi connectivity index (χ1) is 32.8. The maximum Gasteiger partial charge on any atom is 0.407 e. The largest absolute Gasteiger partial charge is 0.453 e. The van der Waals surface area contributed by atoms with Crippen molar-refractivity contribution in [2.45, 2.75) is 155 Å². The summed E-state index contributed by atoms with van der Waals surface area (Å²) in [6.07, 6.45) is 20.4. The Bertz CT molecular complexity index is 2410. The number of amides is 4. The highest BCUT2D eigenvalue weighted by Gasteiger charge is 2.46. The molecular weight excluding hydrogens is 857 g/mol. The molecule has 2 aromatic heterocycles. The third kappa shape index (κ3) is 8.26. The van der Waals surface area contributed by atoms with Crippen molar-refractivity contribution in [1.82, 2.24) is 40.4 Å². The van der Waals surface area contributed by atoms with Crippen molar-refractivity contribution in [3.63, 3.8) is 0 Å². The van der Waals surface area contributed by atoms with Crippen molar-refractivity contribution in [1.29, 1.82) is 0 Å². The number of ether oxygens (including phenoxy) is 2. The van der Waals surface area contributed by atoms with Gasteiger partial charge in [-0.05, 0) is 133 Å². The smallest absolute Gasteiger partial charge is 0.407 e. The zero-order chi connectivity index (χ0) is 47.5. The Kier molecular flexibility index (Phi) is 12.4. The Labute approximate surface area is 400 Å². The number of rotatable bonds is 11. The summed E-state index contributed by atoms with van der Waals surface area (Å²) in [5.74, 6) is 1.16. The van der Waals surface area contributed by atoms with Crippen LogP contribution >= 0.6 is 0 Å². The molecule has 2 saturated heterocycles. The first-order valence-electron chi connectivity index (χ1n) is 25.5. The van der Waals surface area contributed by atoms with E-state index in [2.05, 4.69) is 44.9 Å². The lowest BCUT2D eigenvalue weighted by Gasteiger charge is -2.30. The molecule has 362 valence electrons. The number of H-pyrrole nitrogens is 2. The fourth-order valence-corrected chi connectivity index (χ4v) is 13.5. The maximum atomic E-state index is 14.0. The second kappa shape index (κ2) is 18.3. The van der Waals surface area contributed by atoms with Gasteiger partial charge in [0.05, 0.1) is 50.1 Å². The van der Waals surface area contributed by atoms with Crippen LogP contribution in [0.15, 0.2) is 36.7 Å². The molecule has 4 N–H and O–H groups in total. The minimum absolute atomic E-state index is 0.104. The number of aromatic nitrogens is 4. The summed E-state index contributed by atoms with van der Waals surface area (Å²) in [5.41, 5.74) is 13.5. The Morgan fingerprint density at radius 2 is 0.926 bits per heavy atom. The lowest BCUT2D eigenvalue weighted by Crippen LogP contribution is -2.51. The number of nitrogens with zero attached hydrogens (tertiary/aromatic N) is 4. The lowest BCUT2D eigenvalue weighted by molar-refractivity contribution is -0.136. The van der Waals surface area contributed by atoms with Gasteiger partial charge >= 0.3 is 12.2 Å². The van der Waals surface area contributed by atoms with Crippen molar-refractivity contribution in [2.75, 3.05) is 27.3 Å². The Morgan fingerprint density at radius 3 is 1.28 bits per heavy atom. The van der Waals surface area contributed by atoms with E-state index in [4.69, 9.17) is 19.4 Å². The minimum Gasteiger partial charge on any atom is -0.453 e. The zero-order valence-electron chi connectivity index (χ0n) is 40.9. The van der Waals surface area contributed by atoms with Crippen LogP contribution in [0.4, 0.5) is 9.59 Å². The topological polar surface area (TPSA) is 175 Å². The molecule has 2 aliphatic heterocycles. The van der Waals surface area contributed by atoms with E-state index in [-0.39, 0.29) is 46.6 Å². The molecule has 14 heteroatoms. The van der Waals surface area contributed by atoms with E-state index in [1.54, 1.807) is 0 Å². The molecule has 4 aromatic rings. The molecule has 4 fully saturated rings. The van der Waals surface area contributed by atoms with Gasteiger partial charge in [0.25, 0.3) is 0 Å². The van der Waals surface area contributed by atoms with Crippen LogP contribution in [0, 0.1) is 22.7 Å². The average molecular weight is 927 g/mol. The molecular formula is C54H70N8O6. The van der Waals surface area contributed by atoms with Crippen molar-refractivity contribution < 1.29 is 28.7 Å². The van der Waals surface area contributed by atoms with Crippen LogP contribution in [0.3, 0.4) is 0 Å². The first-order valence-corrected chi connectivity index (χ1v) is 25.5. The third-order valence-corrected chi connectivity index (χ3v) is 16.9. The van der Waals surface area contributed by atoms with Crippen LogP contribution in [0.5, 0.6) is 0 Å². The monoisotopic (exact) mass is 927 g/mol. The van der Waals surface area contributed by atoms with E-state index in [1.165, 1.54) is 110 Å². The quantitative estimate of drug-likeness (QED) is 0.115. The number of aromatic amines is 2. The van der Waals surface area contributed by atoms with Crippen molar-refractivity contribution >= 4 is 24.0 Å². The number of alkyl carbamates (subject to hydrolysis) is 2. The molecule has 1 unspecified atom stereocenters. The summed E-state index contributed by atoms with van der Waals surface area (Å²) in [6, 6.07) is 7.64. The molecule has 4 heterocycles. The van der Waals surface area contributed by atoms with Gasteiger partial charge < -0.3 is 39.9 Å². The Balaban J connectivity index is 0.981. The minimum atomic E-state index is -0.686. The molecule has 4 aliphatic carbocycles. The van der Waals surface area contributed by atoms with Crippen molar-refractivity contribution in [3.8, 4) is 33.6 Å². The second-order valence-electron chi connectivity index (χ2n) is 21.8. The molecule has 4 amide bonds. The van der Waals surface area contributed by atoms with E-state index in [9.17, 15) is 19.2 Å². The summed E-state index contributed by atoms with van der Waals surface area (Å²) in [6.45, 7) is 8.98. The normalized spacial score (nSPS) is 22.1. The third-order valence-electron chi connectivity index (χ3n) is 16.9. The molecule has 4 atom stereocenters. The molecule has 2 spiro atoms.